The molecule has 0 amide bonds. The monoisotopic (exact) mass is 306 g/mol. The zero-order valence-corrected chi connectivity index (χ0v) is 12.4. The molecule has 0 N–H and O–H groups in total. The highest BCUT2D eigenvalue weighted by Crippen LogP contribution is 2.26. The Balaban J connectivity index is 1.76. The third-order valence-corrected chi connectivity index (χ3v) is 3.54. The van der Waals surface area contributed by atoms with Gasteiger partial charge in [0.05, 0.1) is 0 Å². The Morgan fingerprint density at radius 3 is 2.35 bits per heavy atom. The Labute approximate surface area is 134 Å². The van der Waals surface area contributed by atoms with Crippen LogP contribution in [-0.2, 0) is 6.61 Å². The molecule has 0 atom stereocenters. The number of carbonyl (C=O) groups excluding carboxylic acids is 1. The lowest BCUT2D eigenvalue weighted by Crippen LogP contribution is -1.95. The van der Waals surface area contributed by atoms with Crippen molar-refractivity contribution in [2.45, 2.75) is 6.61 Å². The van der Waals surface area contributed by atoms with Gasteiger partial charge in [-0.3, -0.25) is 4.79 Å². The fourth-order valence-corrected chi connectivity index (χ4v) is 2.31. The molecule has 0 aliphatic carbocycles. The van der Waals surface area contributed by atoms with Crippen LogP contribution in [0, 0.1) is 5.82 Å². The first-order valence-corrected chi connectivity index (χ1v) is 7.28. The smallest absolute Gasteiger partial charge is 0.150 e. The van der Waals surface area contributed by atoms with E-state index in [0.717, 1.165) is 5.56 Å². The standard InChI is InChI=1S/C20H15FO2/c21-20-11-6-16(13-22)12-19(20)17-7-9-18(10-8-17)23-14-15-4-2-1-3-5-15/h1-13H,14H2. The topological polar surface area (TPSA) is 26.3 Å². The van der Waals surface area contributed by atoms with Gasteiger partial charge < -0.3 is 4.74 Å². The predicted octanol–water partition coefficient (Wildman–Crippen LogP) is 4.88. The van der Waals surface area contributed by atoms with Gasteiger partial charge in [0.15, 0.2) is 0 Å². The molecule has 3 rings (SSSR count). The third-order valence-electron chi connectivity index (χ3n) is 3.54. The van der Waals surface area contributed by atoms with Gasteiger partial charge in [0.2, 0.25) is 0 Å². The Hall–Kier alpha value is -2.94. The van der Waals surface area contributed by atoms with Crippen molar-refractivity contribution < 1.29 is 13.9 Å². The Kier molecular flexibility index (Phi) is 4.48. The van der Waals surface area contributed by atoms with Crippen molar-refractivity contribution in [1.29, 1.82) is 0 Å². The number of carbonyl (C=O) groups is 1. The van der Waals surface area contributed by atoms with Crippen molar-refractivity contribution in [3.05, 3.63) is 89.7 Å². The number of rotatable bonds is 5. The van der Waals surface area contributed by atoms with Gasteiger partial charge in [0, 0.05) is 11.1 Å². The molecule has 114 valence electrons. The molecular formula is C20H15FO2. The van der Waals surface area contributed by atoms with Crippen LogP contribution in [-0.4, -0.2) is 6.29 Å². The van der Waals surface area contributed by atoms with Crippen LogP contribution < -0.4 is 4.74 Å². The lowest BCUT2D eigenvalue weighted by molar-refractivity contribution is 0.112. The fourth-order valence-electron chi connectivity index (χ4n) is 2.31. The highest BCUT2D eigenvalue weighted by molar-refractivity contribution is 5.79. The van der Waals surface area contributed by atoms with E-state index in [1.54, 1.807) is 30.3 Å². The van der Waals surface area contributed by atoms with Gasteiger partial charge in [-0.05, 0) is 41.5 Å². The number of benzene rings is 3. The van der Waals surface area contributed by atoms with E-state index in [9.17, 15) is 9.18 Å². The van der Waals surface area contributed by atoms with Crippen LogP contribution in [0.15, 0.2) is 72.8 Å². The number of halogens is 1. The summed E-state index contributed by atoms with van der Waals surface area (Å²) in [5.41, 5.74) is 2.65. The summed E-state index contributed by atoms with van der Waals surface area (Å²) in [5, 5.41) is 0. The Morgan fingerprint density at radius 1 is 0.913 bits per heavy atom. The zero-order valence-electron chi connectivity index (χ0n) is 12.4. The maximum atomic E-state index is 13.9. The van der Waals surface area contributed by atoms with Crippen molar-refractivity contribution in [2.24, 2.45) is 0 Å². The summed E-state index contributed by atoms with van der Waals surface area (Å²) < 4.78 is 19.6. The van der Waals surface area contributed by atoms with Crippen LogP contribution in [0.2, 0.25) is 0 Å². The lowest BCUT2D eigenvalue weighted by Gasteiger charge is -2.08. The summed E-state index contributed by atoms with van der Waals surface area (Å²) >= 11 is 0. The maximum Gasteiger partial charge on any atom is 0.150 e. The van der Waals surface area contributed by atoms with Crippen molar-refractivity contribution >= 4 is 6.29 Å². The van der Waals surface area contributed by atoms with Gasteiger partial charge in [-0.25, -0.2) is 4.39 Å². The summed E-state index contributed by atoms with van der Waals surface area (Å²) in [5.74, 6) is 0.359. The number of hydrogen-bond donors (Lipinski definition) is 0. The lowest BCUT2D eigenvalue weighted by atomic mass is 10.0. The van der Waals surface area contributed by atoms with E-state index < -0.39 is 0 Å². The van der Waals surface area contributed by atoms with Crippen molar-refractivity contribution in [3.8, 4) is 16.9 Å². The van der Waals surface area contributed by atoms with Crippen LogP contribution in [0.25, 0.3) is 11.1 Å². The highest BCUT2D eigenvalue weighted by Gasteiger charge is 2.06. The normalized spacial score (nSPS) is 10.3. The van der Waals surface area contributed by atoms with Gasteiger partial charge in [0.1, 0.15) is 24.5 Å². The molecule has 0 fully saturated rings. The van der Waals surface area contributed by atoms with Crippen molar-refractivity contribution in [1.82, 2.24) is 0 Å². The maximum absolute atomic E-state index is 13.9. The van der Waals surface area contributed by atoms with E-state index in [-0.39, 0.29) is 5.82 Å². The molecule has 0 spiro atoms. The molecule has 0 saturated carbocycles. The van der Waals surface area contributed by atoms with Gasteiger partial charge in [-0.2, -0.15) is 0 Å². The van der Waals surface area contributed by atoms with Crippen LogP contribution >= 0.6 is 0 Å². The first-order valence-electron chi connectivity index (χ1n) is 7.28. The second-order valence-electron chi connectivity index (χ2n) is 5.16. The third kappa shape index (κ3) is 3.64. The molecule has 3 heteroatoms. The van der Waals surface area contributed by atoms with Crippen molar-refractivity contribution in [3.63, 3.8) is 0 Å². The molecule has 0 aliphatic rings. The van der Waals surface area contributed by atoms with Crippen LogP contribution in [0.5, 0.6) is 5.75 Å². The molecular weight excluding hydrogens is 291 g/mol. The van der Waals surface area contributed by atoms with Gasteiger partial charge in [-0.1, -0.05) is 42.5 Å². The largest absolute Gasteiger partial charge is 0.489 e. The summed E-state index contributed by atoms with van der Waals surface area (Å²) in [4.78, 5) is 10.8. The molecule has 0 unspecified atom stereocenters. The van der Waals surface area contributed by atoms with Crippen molar-refractivity contribution in [2.75, 3.05) is 0 Å². The molecule has 0 bridgehead atoms. The second kappa shape index (κ2) is 6.88. The molecule has 0 aromatic heterocycles. The molecule has 0 radical (unpaired) electrons. The summed E-state index contributed by atoms with van der Waals surface area (Å²) in [7, 11) is 0. The Morgan fingerprint density at radius 2 is 1.65 bits per heavy atom. The van der Waals surface area contributed by atoms with Gasteiger partial charge in [0.25, 0.3) is 0 Å². The number of ether oxygens (including phenoxy) is 1. The molecule has 3 aromatic carbocycles. The minimum atomic E-state index is -0.353. The Bertz CT molecular complexity index is 796. The summed E-state index contributed by atoms with van der Waals surface area (Å²) in [6.45, 7) is 0.481. The number of aldehydes is 1. The van der Waals surface area contributed by atoms with Gasteiger partial charge in [-0.15, -0.1) is 0 Å². The summed E-state index contributed by atoms with van der Waals surface area (Å²) in [6, 6.07) is 21.3. The average Bonchev–Trinajstić information content (AvgIpc) is 2.62. The SMILES string of the molecule is O=Cc1ccc(F)c(-c2ccc(OCc3ccccc3)cc2)c1. The first-order chi connectivity index (χ1) is 11.3. The van der Waals surface area contributed by atoms with Crippen LogP contribution in [0.4, 0.5) is 4.39 Å². The summed E-state index contributed by atoms with van der Waals surface area (Å²) in [6.07, 6.45) is 0.709. The molecule has 0 saturated heterocycles. The predicted molar refractivity (Wildman–Crippen MR) is 88.0 cm³/mol. The fraction of sp³-hybridized carbons (Fsp3) is 0.0500. The minimum absolute atomic E-state index is 0.353. The average molecular weight is 306 g/mol. The van der Waals surface area contributed by atoms with E-state index >= 15 is 0 Å². The van der Waals surface area contributed by atoms with E-state index in [1.165, 1.54) is 12.1 Å². The van der Waals surface area contributed by atoms with Crippen LogP contribution in [0.3, 0.4) is 0 Å². The molecule has 23 heavy (non-hydrogen) atoms. The molecule has 2 nitrogen and oxygen atoms in total. The van der Waals surface area contributed by atoms with E-state index in [0.29, 0.717) is 35.3 Å². The minimum Gasteiger partial charge on any atom is -0.489 e. The molecule has 3 aromatic rings. The number of hydrogen-bond acceptors (Lipinski definition) is 2. The quantitative estimate of drug-likeness (QED) is 0.628. The highest BCUT2D eigenvalue weighted by atomic mass is 19.1. The van der Waals surface area contributed by atoms with Gasteiger partial charge >= 0.3 is 0 Å². The first kappa shape index (κ1) is 15.0. The van der Waals surface area contributed by atoms with E-state index in [4.69, 9.17) is 4.74 Å². The van der Waals surface area contributed by atoms with E-state index in [1.807, 2.05) is 30.3 Å². The zero-order chi connectivity index (χ0) is 16.1. The van der Waals surface area contributed by atoms with Crippen LogP contribution in [0.1, 0.15) is 15.9 Å². The molecule has 0 heterocycles. The molecule has 0 aliphatic heterocycles. The second-order valence-corrected chi connectivity index (χ2v) is 5.16. The van der Waals surface area contributed by atoms with E-state index in [2.05, 4.69) is 0 Å².